The molecule has 0 atom stereocenters. The van der Waals surface area contributed by atoms with Gasteiger partial charge >= 0.3 is 0 Å². The van der Waals surface area contributed by atoms with Gasteiger partial charge in [0.15, 0.2) is 0 Å². The maximum Gasteiger partial charge on any atom is 0.267 e. The zero-order chi connectivity index (χ0) is 15.6. The van der Waals surface area contributed by atoms with Gasteiger partial charge in [-0.25, -0.2) is 8.42 Å². The molecule has 1 saturated heterocycles. The van der Waals surface area contributed by atoms with Gasteiger partial charge in [0.1, 0.15) is 10.6 Å². The van der Waals surface area contributed by atoms with Crippen LogP contribution in [0, 0.1) is 0 Å². The van der Waals surface area contributed by atoms with E-state index in [4.69, 9.17) is 0 Å². The van der Waals surface area contributed by atoms with Crippen molar-refractivity contribution in [2.45, 2.75) is 11.3 Å². The van der Waals surface area contributed by atoms with Crippen LogP contribution >= 0.6 is 0 Å². The first-order valence-electron chi connectivity index (χ1n) is 6.51. The Morgan fingerprint density at radius 2 is 2.14 bits per heavy atom. The van der Waals surface area contributed by atoms with E-state index in [1.807, 2.05) is 0 Å². The topological polar surface area (TPSA) is 101 Å². The highest BCUT2D eigenvalue weighted by molar-refractivity contribution is 7.89. The van der Waals surface area contributed by atoms with Crippen LogP contribution in [0.1, 0.15) is 16.9 Å². The van der Waals surface area contributed by atoms with Crippen molar-refractivity contribution in [3.63, 3.8) is 0 Å². The lowest BCUT2D eigenvalue weighted by Gasteiger charge is -2.17. The molecular weight excluding hydrogens is 296 g/mol. The van der Waals surface area contributed by atoms with Crippen LogP contribution < -0.4 is 10.6 Å². The molecule has 1 aliphatic heterocycles. The molecule has 116 valence electrons. The van der Waals surface area contributed by atoms with E-state index in [0.29, 0.717) is 13.0 Å². The van der Waals surface area contributed by atoms with E-state index in [9.17, 15) is 18.0 Å². The normalized spacial score (nSPS) is 17.1. The second-order valence-corrected chi connectivity index (χ2v) is 6.73. The number of sulfonamides is 1. The monoisotopic (exact) mass is 314 g/mol. The molecule has 2 heterocycles. The fourth-order valence-corrected chi connectivity index (χ4v) is 3.67. The Morgan fingerprint density at radius 3 is 2.81 bits per heavy atom. The van der Waals surface area contributed by atoms with Crippen LogP contribution in [-0.4, -0.2) is 55.8 Å². The number of carbonyl (C=O) groups is 2. The summed E-state index contributed by atoms with van der Waals surface area (Å²) < 4.78 is 27.7. The molecule has 2 N–H and O–H groups in total. The minimum atomic E-state index is -3.79. The third kappa shape index (κ3) is 3.08. The largest absolute Gasteiger partial charge is 0.355 e. The Hall–Kier alpha value is -1.87. The molecule has 1 aliphatic rings. The maximum absolute atomic E-state index is 12.6. The molecular formula is C12H18N4O4S. The van der Waals surface area contributed by atoms with Crippen molar-refractivity contribution < 1.29 is 18.0 Å². The van der Waals surface area contributed by atoms with Crippen molar-refractivity contribution in [3.8, 4) is 0 Å². The summed E-state index contributed by atoms with van der Waals surface area (Å²) in [6.45, 7) is 0.529. The lowest BCUT2D eigenvalue weighted by Crippen LogP contribution is -2.37. The summed E-state index contributed by atoms with van der Waals surface area (Å²) in [7, 11) is -0.719. The minimum Gasteiger partial charge on any atom is -0.355 e. The Bertz CT molecular complexity index is 665. The predicted molar refractivity (Wildman–Crippen MR) is 75.2 cm³/mol. The summed E-state index contributed by atoms with van der Waals surface area (Å²) in [4.78, 5) is 23.2. The van der Waals surface area contributed by atoms with Crippen LogP contribution in [0.5, 0.6) is 0 Å². The first-order valence-corrected chi connectivity index (χ1v) is 7.95. The van der Waals surface area contributed by atoms with Gasteiger partial charge in [-0.05, 0) is 12.5 Å². The Labute approximate surface area is 123 Å². The van der Waals surface area contributed by atoms with Crippen molar-refractivity contribution in [1.29, 1.82) is 0 Å². The SMILES string of the molecule is CNC(=O)c1cc(S(=O)(=O)N2CCCNC(=O)C2)cn1C. The highest BCUT2D eigenvalue weighted by Gasteiger charge is 2.29. The highest BCUT2D eigenvalue weighted by atomic mass is 32.2. The number of hydrogen-bond acceptors (Lipinski definition) is 4. The van der Waals surface area contributed by atoms with E-state index in [2.05, 4.69) is 10.6 Å². The summed E-state index contributed by atoms with van der Waals surface area (Å²) in [5.74, 6) is -0.689. The van der Waals surface area contributed by atoms with Crippen molar-refractivity contribution >= 4 is 21.8 Å². The Morgan fingerprint density at radius 1 is 1.43 bits per heavy atom. The Kier molecular flexibility index (Phi) is 4.33. The minimum absolute atomic E-state index is 0.0123. The molecule has 21 heavy (non-hydrogen) atoms. The maximum atomic E-state index is 12.6. The fourth-order valence-electron chi connectivity index (χ4n) is 2.16. The number of aryl methyl sites for hydroxylation is 1. The van der Waals surface area contributed by atoms with E-state index in [1.165, 1.54) is 23.9 Å². The number of nitrogens with one attached hydrogen (secondary N) is 2. The van der Waals surface area contributed by atoms with Crippen LogP contribution in [0.4, 0.5) is 0 Å². The molecule has 1 aromatic rings. The molecule has 0 aliphatic carbocycles. The number of carbonyl (C=O) groups excluding carboxylic acids is 2. The second-order valence-electron chi connectivity index (χ2n) is 4.79. The smallest absolute Gasteiger partial charge is 0.267 e. The van der Waals surface area contributed by atoms with Crippen LogP contribution in [0.3, 0.4) is 0 Å². The number of aromatic nitrogens is 1. The highest BCUT2D eigenvalue weighted by Crippen LogP contribution is 2.19. The molecule has 2 rings (SSSR count). The molecule has 9 heteroatoms. The van der Waals surface area contributed by atoms with Crippen molar-refractivity contribution in [2.75, 3.05) is 26.7 Å². The van der Waals surface area contributed by atoms with Gasteiger partial charge in [-0.2, -0.15) is 4.31 Å². The fraction of sp³-hybridized carbons (Fsp3) is 0.500. The van der Waals surface area contributed by atoms with Gasteiger partial charge in [-0.1, -0.05) is 0 Å². The quantitative estimate of drug-likeness (QED) is 0.739. The lowest BCUT2D eigenvalue weighted by atomic mass is 10.4. The van der Waals surface area contributed by atoms with Gasteiger partial charge < -0.3 is 15.2 Å². The number of amides is 2. The first kappa shape index (κ1) is 15.5. The van der Waals surface area contributed by atoms with Gasteiger partial charge in [-0.3, -0.25) is 9.59 Å². The molecule has 0 spiro atoms. The summed E-state index contributed by atoms with van der Waals surface area (Å²) in [5.41, 5.74) is 0.246. The molecule has 1 fully saturated rings. The molecule has 0 aromatic carbocycles. The standard InChI is InChI=1S/C12H18N4O4S/c1-13-12(18)10-6-9(7-15(10)2)21(19,20)16-5-3-4-14-11(17)8-16/h6-7H,3-5,8H2,1-2H3,(H,13,18)(H,14,17). The van der Waals surface area contributed by atoms with Crippen LogP contribution in [0.25, 0.3) is 0 Å². The third-order valence-electron chi connectivity index (χ3n) is 3.30. The molecule has 0 saturated carbocycles. The summed E-state index contributed by atoms with van der Waals surface area (Å²) in [5, 5.41) is 5.08. The average Bonchev–Trinajstić information content (AvgIpc) is 2.69. The molecule has 2 amide bonds. The van der Waals surface area contributed by atoms with Gasteiger partial charge in [0.05, 0.1) is 6.54 Å². The zero-order valence-electron chi connectivity index (χ0n) is 11.9. The van der Waals surface area contributed by atoms with Gasteiger partial charge in [0, 0.05) is 33.4 Å². The molecule has 8 nitrogen and oxygen atoms in total. The van der Waals surface area contributed by atoms with E-state index < -0.39 is 10.0 Å². The van der Waals surface area contributed by atoms with Gasteiger partial charge in [0.2, 0.25) is 15.9 Å². The van der Waals surface area contributed by atoms with E-state index in [1.54, 1.807) is 7.05 Å². The number of rotatable bonds is 3. The zero-order valence-corrected chi connectivity index (χ0v) is 12.7. The molecule has 1 aromatic heterocycles. The first-order chi connectivity index (χ1) is 9.86. The van der Waals surface area contributed by atoms with Gasteiger partial charge in [0.25, 0.3) is 5.91 Å². The van der Waals surface area contributed by atoms with Crippen LogP contribution in [0.2, 0.25) is 0 Å². The lowest BCUT2D eigenvalue weighted by molar-refractivity contribution is -0.120. The average molecular weight is 314 g/mol. The number of hydrogen-bond donors (Lipinski definition) is 2. The van der Waals surface area contributed by atoms with Crippen LogP contribution in [-0.2, 0) is 21.9 Å². The second kappa shape index (κ2) is 5.86. The molecule has 0 radical (unpaired) electrons. The van der Waals surface area contributed by atoms with Crippen molar-refractivity contribution in [3.05, 3.63) is 18.0 Å². The van der Waals surface area contributed by atoms with Crippen LogP contribution in [0.15, 0.2) is 17.2 Å². The van der Waals surface area contributed by atoms with Crippen molar-refractivity contribution in [2.24, 2.45) is 7.05 Å². The summed E-state index contributed by atoms with van der Waals surface area (Å²) >= 11 is 0. The predicted octanol–water partition coefficient (Wildman–Crippen LogP) is -1.10. The van der Waals surface area contributed by atoms with E-state index in [0.717, 1.165) is 4.31 Å². The molecule has 0 bridgehead atoms. The molecule has 0 unspecified atom stereocenters. The van der Waals surface area contributed by atoms with E-state index >= 15 is 0 Å². The van der Waals surface area contributed by atoms with E-state index in [-0.39, 0.29) is 35.5 Å². The number of nitrogens with zero attached hydrogens (tertiary/aromatic N) is 2. The summed E-state index contributed by atoms with van der Waals surface area (Å²) in [6, 6.07) is 1.32. The summed E-state index contributed by atoms with van der Waals surface area (Å²) in [6.07, 6.45) is 1.93. The Balaban J connectivity index is 2.35. The van der Waals surface area contributed by atoms with Crippen molar-refractivity contribution in [1.82, 2.24) is 19.5 Å². The third-order valence-corrected chi connectivity index (χ3v) is 5.11. The van der Waals surface area contributed by atoms with Gasteiger partial charge in [-0.15, -0.1) is 0 Å².